The van der Waals surface area contributed by atoms with Crippen molar-refractivity contribution in [3.63, 3.8) is 0 Å². The molecule has 1 aromatic heterocycles. The Balaban J connectivity index is 1.79. The maximum atomic E-state index is 11.2. The van der Waals surface area contributed by atoms with Gasteiger partial charge in [-0.3, -0.25) is 9.59 Å². The Labute approximate surface area is 258 Å². The molecule has 0 unspecified atom stereocenters. The lowest BCUT2D eigenvalue weighted by Gasteiger charge is -2.24. The molecule has 8 nitrogen and oxygen atoms in total. The first-order valence-corrected chi connectivity index (χ1v) is 14.9. The Morgan fingerprint density at radius 3 is 2.02 bits per heavy atom. The molecular formula is C29H31Cl4N4O4+. The SMILES string of the molecule is CCN1C(=CC=Cc2n(CC)c3cc(Cl)c(Cl)cc3[n+]2CCCC(=O)O)N(CCCC(=O)O)c2cc(Cl)c(Cl)cc21. The molecule has 0 amide bonds. The van der Waals surface area contributed by atoms with Crippen LogP contribution in [0.1, 0.15) is 45.4 Å². The van der Waals surface area contributed by atoms with Crippen LogP contribution >= 0.6 is 46.4 Å². The first kappa shape index (κ1) is 31.0. The number of aryl methyl sites for hydroxylation is 2. The molecule has 12 heteroatoms. The predicted octanol–water partition coefficient (Wildman–Crippen LogP) is 7.49. The highest BCUT2D eigenvalue weighted by molar-refractivity contribution is 6.43. The number of fused-ring (bicyclic) bond motifs is 2. The number of carboxylic acid groups (broad SMARTS) is 2. The van der Waals surface area contributed by atoms with E-state index in [4.69, 9.17) is 46.4 Å². The van der Waals surface area contributed by atoms with E-state index in [-0.39, 0.29) is 12.8 Å². The first-order chi connectivity index (χ1) is 19.6. The van der Waals surface area contributed by atoms with E-state index < -0.39 is 11.9 Å². The van der Waals surface area contributed by atoms with Crippen LogP contribution in [0.5, 0.6) is 0 Å². The lowest BCUT2D eigenvalue weighted by atomic mass is 10.2. The number of anilines is 2. The standard InChI is InChI=1S/C29H30Cl4N4O4/c1-3-34-22-14-18(30)20(32)16-24(22)36(12-6-10-28(38)39)26(34)8-5-9-27-35(4-2)23-15-19(31)21(33)17-25(23)37(27)13-7-11-29(40)41/h5,8-9,14-17H,3-4,6-7,10-13H2,1-2H3,(H-,38,39,40,41)/p+1. The molecule has 2 heterocycles. The number of imidazole rings is 1. The Morgan fingerprint density at radius 1 is 0.829 bits per heavy atom. The average molecular weight is 641 g/mol. The molecular weight excluding hydrogens is 610 g/mol. The van der Waals surface area contributed by atoms with Gasteiger partial charge in [0, 0.05) is 44.1 Å². The number of rotatable bonds is 12. The van der Waals surface area contributed by atoms with Gasteiger partial charge in [0.25, 0.3) is 5.82 Å². The topological polar surface area (TPSA) is 89.9 Å². The fourth-order valence-electron chi connectivity index (χ4n) is 5.19. The molecule has 218 valence electrons. The molecule has 0 spiro atoms. The van der Waals surface area contributed by atoms with Crippen molar-refractivity contribution in [1.29, 1.82) is 0 Å². The quantitative estimate of drug-likeness (QED) is 0.199. The van der Waals surface area contributed by atoms with Gasteiger partial charge in [-0.05, 0) is 44.9 Å². The second-order valence-corrected chi connectivity index (χ2v) is 11.2. The van der Waals surface area contributed by atoms with E-state index in [1.807, 2.05) is 56.3 Å². The minimum absolute atomic E-state index is 0.0421. The highest BCUT2D eigenvalue weighted by Crippen LogP contribution is 2.45. The highest BCUT2D eigenvalue weighted by Gasteiger charge is 2.31. The molecule has 1 aliphatic rings. The van der Waals surface area contributed by atoms with Gasteiger partial charge in [-0.15, -0.1) is 0 Å². The number of carbonyl (C=O) groups is 2. The van der Waals surface area contributed by atoms with Gasteiger partial charge in [0.05, 0.1) is 44.6 Å². The summed E-state index contributed by atoms with van der Waals surface area (Å²) in [6.45, 7) is 6.33. The second-order valence-electron chi connectivity index (χ2n) is 9.54. The zero-order chi connectivity index (χ0) is 29.8. The van der Waals surface area contributed by atoms with Crippen molar-refractivity contribution in [2.45, 2.75) is 52.6 Å². The summed E-state index contributed by atoms with van der Waals surface area (Å²) >= 11 is 25.5. The van der Waals surface area contributed by atoms with E-state index in [1.165, 1.54) is 0 Å². The zero-order valence-electron chi connectivity index (χ0n) is 22.7. The number of halogens is 4. The van der Waals surface area contributed by atoms with E-state index in [9.17, 15) is 19.8 Å². The van der Waals surface area contributed by atoms with Crippen LogP contribution in [0, 0.1) is 0 Å². The Hall–Kier alpha value is -2.91. The normalized spacial score (nSPS) is 14.1. The smallest absolute Gasteiger partial charge is 0.303 e. The third-order valence-corrected chi connectivity index (χ3v) is 8.42. The van der Waals surface area contributed by atoms with Crippen molar-refractivity contribution < 1.29 is 24.4 Å². The van der Waals surface area contributed by atoms with Crippen LogP contribution < -0.4 is 14.4 Å². The molecule has 0 saturated heterocycles. The van der Waals surface area contributed by atoms with Crippen LogP contribution in [0.3, 0.4) is 0 Å². The van der Waals surface area contributed by atoms with Crippen molar-refractivity contribution in [3.05, 3.63) is 68.2 Å². The van der Waals surface area contributed by atoms with Crippen LogP contribution in [0.4, 0.5) is 11.4 Å². The third-order valence-electron chi connectivity index (χ3n) is 6.97. The second kappa shape index (κ2) is 13.4. The summed E-state index contributed by atoms with van der Waals surface area (Å²) in [5.74, 6) is 0.0306. The van der Waals surface area contributed by atoms with Crippen molar-refractivity contribution in [1.82, 2.24) is 4.57 Å². The molecule has 41 heavy (non-hydrogen) atoms. The van der Waals surface area contributed by atoms with Crippen LogP contribution in [-0.4, -0.2) is 39.8 Å². The Bertz CT molecular complexity index is 1550. The molecule has 1 aliphatic heterocycles. The first-order valence-electron chi connectivity index (χ1n) is 13.3. The summed E-state index contributed by atoms with van der Waals surface area (Å²) in [6.07, 6.45) is 6.87. The molecule has 0 aliphatic carbocycles. The predicted molar refractivity (Wildman–Crippen MR) is 166 cm³/mol. The van der Waals surface area contributed by atoms with Crippen molar-refractivity contribution in [2.24, 2.45) is 0 Å². The number of carboxylic acids is 2. The number of benzene rings is 2. The zero-order valence-corrected chi connectivity index (χ0v) is 25.7. The Morgan fingerprint density at radius 2 is 1.41 bits per heavy atom. The van der Waals surface area contributed by atoms with Crippen molar-refractivity contribution >= 4 is 86.8 Å². The van der Waals surface area contributed by atoms with Crippen LogP contribution in [-0.2, 0) is 22.7 Å². The van der Waals surface area contributed by atoms with E-state index in [0.717, 1.165) is 34.1 Å². The largest absolute Gasteiger partial charge is 0.481 e. The molecule has 0 fully saturated rings. The molecule has 0 radical (unpaired) electrons. The molecule has 4 rings (SSSR count). The van der Waals surface area contributed by atoms with Gasteiger partial charge in [-0.25, -0.2) is 9.13 Å². The van der Waals surface area contributed by atoms with Gasteiger partial charge in [0.1, 0.15) is 5.82 Å². The van der Waals surface area contributed by atoms with E-state index >= 15 is 0 Å². The average Bonchev–Trinajstić information content (AvgIpc) is 3.34. The number of hydrogen-bond donors (Lipinski definition) is 2. The van der Waals surface area contributed by atoms with Crippen molar-refractivity contribution in [2.75, 3.05) is 22.9 Å². The molecule has 2 N–H and O–H groups in total. The van der Waals surface area contributed by atoms with Gasteiger partial charge >= 0.3 is 11.9 Å². The van der Waals surface area contributed by atoms with Crippen molar-refractivity contribution in [3.8, 4) is 0 Å². The molecule has 0 bridgehead atoms. The maximum absolute atomic E-state index is 11.2. The number of aromatic nitrogens is 2. The molecule has 2 aromatic carbocycles. The monoisotopic (exact) mass is 639 g/mol. The maximum Gasteiger partial charge on any atom is 0.303 e. The number of hydrogen-bond acceptors (Lipinski definition) is 4. The minimum Gasteiger partial charge on any atom is -0.481 e. The summed E-state index contributed by atoms with van der Waals surface area (Å²) in [5.41, 5.74) is 3.52. The van der Waals surface area contributed by atoms with E-state index in [1.54, 1.807) is 0 Å². The number of allylic oxidation sites excluding steroid dienone is 2. The van der Waals surface area contributed by atoms with Gasteiger partial charge in [-0.1, -0.05) is 52.5 Å². The highest BCUT2D eigenvalue weighted by atomic mass is 35.5. The molecule has 0 saturated carbocycles. The van der Waals surface area contributed by atoms with E-state index in [2.05, 4.69) is 18.9 Å². The fraction of sp³-hybridized carbons (Fsp3) is 0.345. The minimum atomic E-state index is -0.851. The Kier molecular flexibility index (Phi) is 10.1. The summed E-state index contributed by atoms with van der Waals surface area (Å²) in [6, 6.07) is 7.28. The summed E-state index contributed by atoms with van der Waals surface area (Å²) < 4.78 is 4.17. The lowest BCUT2D eigenvalue weighted by Crippen LogP contribution is -2.37. The van der Waals surface area contributed by atoms with Gasteiger partial charge in [0.2, 0.25) is 0 Å². The van der Waals surface area contributed by atoms with Crippen LogP contribution in [0.15, 0.2) is 42.2 Å². The third kappa shape index (κ3) is 6.61. The van der Waals surface area contributed by atoms with Crippen LogP contribution in [0.2, 0.25) is 20.1 Å². The van der Waals surface area contributed by atoms with Gasteiger partial charge in [-0.2, -0.15) is 0 Å². The van der Waals surface area contributed by atoms with E-state index in [0.29, 0.717) is 59.1 Å². The molecule has 3 aromatic rings. The summed E-state index contributed by atoms with van der Waals surface area (Å²) in [7, 11) is 0. The molecule has 0 atom stereocenters. The number of aliphatic carboxylic acids is 2. The lowest BCUT2D eigenvalue weighted by molar-refractivity contribution is -0.674. The summed E-state index contributed by atoms with van der Waals surface area (Å²) in [5, 5.41) is 20.2. The summed E-state index contributed by atoms with van der Waals surface area (Å²) in [4.78, 5) is 26.6. The number of nitrogens with zero attached hydrogens (tertiary/aromatic N) is 4. The van der Waals surface area contributed by atoms with Gasteiger partial charge in [0.15, 0.2) is 11.0 Å². The van der Waals surface area contributed by atoms with Crippen LogP contribution in [0.25, 0.3) is 17.1 Å². The van der Waals surface area contributed by atoms with Gasteiger partial charge < -0.3 is 20.0 Å². The fourth-order valence-corrected chi connectivity index (χ4v) is 5.82.